The number of aromatic nitrogens is 3. The molecule has 17 heavy (non-hydrogen) atoms. The molecule has 2 rings (SSSR count). The van der Waals surface area contributed by atoms with E-state index in [0.29, 0.717) is 30.5 Å². The van der Waals surface area contributed by atoms with Gasteiger partial charge in [-0.05, 0) is 6.92 Å². The normalized spacial score (nSPS) is 14.3. The maximum atomic E-state index is 11.5. The highest BCUT2D eigenvalue weighted by atomic mass is 16.5. The van der Waals surface area contributed by atoms with Gasteiger partial charge in [0.2, 0.25) is 5.95 Å². The van der Waals surface area contributed by atoms with Crippen LogP contribution in [0.4, 0.5) is 5.95 Å². The largest absolute Gasteiger partial charge is 0.466 e. The summed E-state index contributed by atoms with van der Waals surface area (Å²) in [4.78, 5) is 15.8. The van der Waals surface area contributed by atoms with E-state index in [1.54, 1.807) is 18.7 Å². The minimum absolute atomic E-state index is 0.342. The Balaban J connectivity index is 2.25. The Morgan fingerprint density at radius 3 is 2.94 bits per heavy atom. The van der Waals surface area contributed by atoms with Crippen molar-refractivity contribution in [2.75, 3.05) is 19.5 Å². The molecule has 0 atom stereocenters. The van der Waals surface area contributed by atoms with Crippen molar-refractivity contribution in [3.8, 4) is 0 Å². The van der Waals surface area contributed by atoms with Crippen LogP contribution in [0.5, 0.6) is 0 Å². The molecule has 0 saturated heterocycles. The van der Waals surface area contributed by atoms with Crippen LogP contribution < -0.4 is 5.32 Å². The molecule has 2 heterocycles. The predicted molar refractivity (Wildman–Crippen MR) is 59.1 cm³/mol. The summed E-state index contributed by atoms with van der Waals surface area (Å²) >= 11 is 0. The van der Waals surface area contributed by atoms with Gasteiger partial charge in [-0.25, -0.2) is 9.48 Å². The van der Waals surface area contributed by atoms with E-state index in [0.717, 1.165) is 5.70 Å². The Hall–Kier alpha value is -1.89. The van der Waals surface area contributed by atoms with Gasteiger partial charge in [-0.1, -0.05) is 0 Å². The lowest BCUT2D eigenvalue weighted by molar-refractivity contribution is -0.136. The number of hydrogen-bond donors (Lipinski definition) is 1. The first-order valence-corrected chi connectivity index (χ1v) is 5.13. The van der Waals surface area contributed by atoms with Gasteiger partial charge >= 0.3 is 5.97 Å². The molecule has 0 spiro atoms. The van der Waals surface area contributed by atoms with Crippen molar-refractivity contribution in [1.29, 1.82) is 0 Å². The Morgan fingerprint density at radius 1 is 1.53 bits per heavy atom. The zero-order chi connectivity index (χ0) is 12.4. The van der Waals surface area contributed by atoms with Gasteiger partial charge in [-0.3, -0.25) is 0 Å². The summed E-state index contributed by atoms with van der Waals surface area (Å²) < 4.78 is 11.3. The predicted octanol–water partition coefficient (Wildman–Crippen LogP) is 0.297. The molecule has 1 aromatic rings. The van der Waals surface area contributed by atoms with E-state index in [-0.39, 0.29) is 5.97 Å². The summed E-state index contributed by atoms with van der Waals surface area (Å²) in [5.41, 5.74) is 1.29. The van der Waals surface area contributed by atoms with Gasteiger partial charge in [0.15, 0.2) is 5.82 Å². The number of carbonyl (C=O) groups excluding carboxylic acids is 1. The van der Waals surface area contributed by atoms with E-state index in [2.05, 4.69) is 15.4 Å². The van der Waals surface area contributed by atoms with E-state index in [9.17, 15) is 4.79 Å². The van der Waals surface area contributed by atoms with E-state index in [1.807, 2.05) is 0 Å². The number of nitrogens with zero attached hydrogens (tertiary/aromatic N) is 3. The number of hydrogen-bond acceptors (Lipinski definition) is 6. The van der Waals surface area contributed by atoms with Gasteiger partial charge in [0.1, 0.15) is 6.61 Å². The third-order valence-electron chi connectivity index (χ3n) is 2.48. The van der Waals surface area contributed by atoms with Gasteiger partial charge in [0, 0.05) is 12.8 Å². The molecule has 0 saturated carbocycles. The molecule has 0 aliphatic carbocycles. The van der Waals surface area contributed by atoms with Crippen LogP contribution in [0.3, 0.4) is 0 Å². The second-order valence-electron chi connectivity index (χ2n) is 3.66. The van der Waals surface area contributed by atoms with Crippen molar-refractivity contribution in [2.45, 2.75) is 20.1 Å². The van der Waals surface area contributed by atoms with Crippen LogP contribution in [0.15, 0.2) is 11.3 Å². The smallest absolute Gasteiger partial charge is 0.337 e. The number of rotatable bonds is 3. The zero-order valence-corrected chi connectivity index (χ0v) is 9.98. The van der Waals surface area contributed by atoms with Gasteiger partial charge < -0.3 is 14.8 Å². The van der Waals surface area contributed by atoms with Gasteiger partial charge in [-0.15, -0.1) is 0 Å². The second kappa shape index (κ2) is 4.54. The number of esters is 1. The van der Waals surface area contributed by atoms with Crippen LogP contribution in [-0.4, -0.2) is 35.0 Å². The average molecular weight is 238 g/mol. The summed E-state index contributed by atoms with van der Waals surface area (Å²) in [6.07, 6.45) is 0. The van der Waals surface area contributed by atoms with E-state index < -0.39 is 0 Å². The topological polar surface area (TPSA) is 78.3 Å². The minimum atomic E-state index is -0.357. The highest BCUT2D eigenvalue weighted by Gasteiger charge is 2.23. The molecule has 0 radical (unpaired) electrons. The van der Waals surface area contributed by atoms with Crippen LogP contribution >= 0.6 is 0 Å². The van der Waals surface area contributed by atoms with Crippen molar-refractivity contribution in [3.63, 3.8) is 0 Å². The molecular weight excluding hydrogens is 224 g/mol. The lowest BCUT2D eigenvalue weighted by Crippen LogP contribution is -2.23. The third kappa shape index (κ3) is 2.14. The molecule has 0 aromatic carbocycles. The first-order chi connectivity index (χ1) is 8.15. The Morgan fingerprint density at radius 2 is 2.29 bits per heavy atom. The Bertz CT molecular complexity index is 478. The van der Waals surface area contributed by atoms with E-state index in [1.165, 1.54) is 7.11 Å². The number of fused-ring (bicyclic) bond motifs is 1. The quantitative estimate of drug-likeness (QED) is 0.763. The first kappa shape index (κ1) is 11.6. The molecular formula is C10H14N4O3. The highest BCUT2D eigenvalue weighted by Crippen LogP contribution is 2.20. The van der Waals surface area contributed by atoms with Crippen LogP contribution in [0, 0.1) is 0 Å². The molecule has 0 amide bonds. The monoisotopic (exact) mass is 238 g/mol. The van der Waals surface area contributed by atoms with Crippen molar-refractivity contribution >= 4 is 11.9 Å². The summed E-state index contributed by atoms with van der Waals surface area (Å²) in [5, 5.41) is 7.23. The molecule has 92 valence electrons. The van der Waals surface area contributed by atoms with E-state index in [4.69, 9.17) is 9.47 Å². The molecule has 7 heteroatoms. The second-order valence-corrected chi connectivity index (χ2v) is 3.66. The standard InChI is InChI=1S/C10H14N4O3/c1-6-7(9(15)17-3)4-14-10(11-6)12-8(13-14)5-16-2/h4-5H2,1-3H3,(H,11,12,13). The molecule has 1 N–H and O–H groups in total. The maximum absolute atomic E-state index is 11.5. The number of allylic oxidation sites excluding steroid dienone is 1. The van der Waals surface area contributed by atoms with E-state index >= 15 is 0 Å². The summed E-state index contributed by atoms with van der Waals surface area (Å²) in [5.74, 6) is 0.834. The maximum Gasteiger partial charge on any atom is 0.337 e. The fraction of sp³-hybridized carbons (Fsp3) is 0.500. The van der Waals surface area contributed by atoms with Crippen LogP contribution in [0.1, 0.15) is 12.7 Å². The summed E-state index contributed by atoms with van der Waals surface area (Å²) in [7, 11) is 2.94. The average Bonchev–Trinajstić information content (AvgIpc) is 2.69. The molecule has 0 unspecified atom stereocenters. The number of methoxy groups -OCH3 is 2. The molecule has 7 nitrogen and oxygen atoms in total. The Labute approximate surface area is 98.4 Å². The van der Waals surface area contributed by atoms with Crippen molar-refractivity contribution in [2.24, 2.45) is 0 Å². The minimum Gasteiger partial charge on any atom is -0.466 e. The van der Waals surface area contributed by atoms with Gasteiger partial charge in [0.05, 0.1) is 19.2 Å². The van der Waals surface area contributed by atoms with Crippen LogP contribution in [0.2, 0.25) is 0 Å². The van der Waals surface area contributed by atoms with Crippen molar-refractivity contribution in [3.05, 3.63) is 17.1 Å². The lowest BCUT2D eigenvalue weighted by atomic mass is 10.2. The number of ether oxygens (including phenoxy) is 2. The number of nitrogens with one attached hydrogen (secondary N) is 1. The zero-order valence-electron chi connectivity index (χ0n) is 9.98. The number of carbonyl (C=O) groups is 1. The van der Waals surface area contributed by atoms with Gasteiger partial charge in [0.25, 0.3) is 0 Å². The van der Waals surface area contributed by atoms with Crippen molar-refractivity contribution < 1.29 is 14.3 Å². The molecule has 1 aliphatic rings. The lowest BCUT2D eigenvalue weighted by Gasteiger charge is -2.18. The molecule has 1 aromatic heterocycles. The fourth-order valence-electron chi connectivity index (χ4n) is 1.63. The number of anilines is 1. The fourth-order valence-corrected chi connectivity index (χ4v) is 1.63. The molecule has 0 fully saturated rings. The van der Waals surface area contributed by atoms with Crippen LogP contribution in [0.25, 0.3) is 0 Å². The molecule has 0 bridgehead atoms. The highest BCUT2D eigenvalue weighted by molar-refractivity contribution is 5.90. The molecule has 1 aliphatic heterocycles. The first-order valence-electron chi connectivity index (χ1n) is 5.13. The third-order valence-corrected chi connectivity index (χ3v) is 2.48. The van der Waals surface area contributed by atoms with Crippen molar-refractivity contribution in [1.82, 2.24) is 14.8 Å². The summed E-state index contributed by atoms with van der Waals surface area (Å²) in [6.45, 7) is 2.51. The Kier molecular flexibility index (Phi) is 3.10. The SMILES string of the molecule is COCc1nc2n(n1)CC(C(=O)OC)=C(C)N2. The summed E-state index contributed by atoms with van der Waals surface area (Å²) in [6, 6.07) is 0. The van der Waals surface area contributed by atoms with Crippen LogP contribution in [-0.2, 0) is 27.4 Å². The van der Waals surface area contributed by atoms with Gasteiger partial charge in [-0.2, -0.15) is 10.1 Å².